The van der Waals surface area contributed by atoms with Crippen molar-refractivity contribution in [2.24, 2.45) is 17.8 Å². The van der Waals surface area contributed by atoms with E-state index in [4.69, 9.17) is 4.74 Å². The Hall–Kier alpha value is -3.57. The normalized spacial score (nSPS) is 22.3. The van der Waals surface area contributed by atoms with Crippen molar-refractivity contribution in [1.82, 2.24) is 21.3 Å². The lowest BCUT2D eigenvalue weighted by molar-refractivity contribution is -0.131. The van der Waals surface area contributed by atoms with Crippen molar-refractivity contribution in [1.29, 1.82) is 0 Å². The molecule has 1 heterocycles. The monoisotopic (exact) mass is 586 g/mol. The third-order valence-corrected chi connectivity index (χ3v) is 7.44. The number of aliphatic hydroxyl groups is 1. The molecule has 0 spiro atoms. The molecule has 0 saturated carbocycles. The van der Waals surface area contributed by atoms with E-state index in [1.165, 1.54) is 12.2 Å². The van der Waals surface area contributed by atoms with Gasteiger partial charge in [0, 0.05) is 5.92 Å². The second-order valence-corrected chi connectivity index (χ2v) is 11.4. The first kappa shape index (κ1) is 32.9. The number of halogens is 1. The number of benzene rings is 1. The lowest BCUT2D eigenvalue weighted by Crippen LogP contribution is -2.56. The van der Waals surface area contributed by atoms with E-state index in [-0.39, 0.29) is 43.0 Å². The smallest absolute Gasteiger partial charge is 0.408 e. The summed E-state index contributed by atoms with van der Waals surface area (Å²) < 4.78 is 18.8. The number of rotatable bonds is 14. The number of nitrogens with one attached hydrogen (secondary N) is 4. The Morgan fingerprint density at radius 3 is 2.48 bits per heavy atom. The molecule has 11 heteroatoms. The Balaban J connectivity index is 1.67. The predicted molar refractivity (Wildman–Crippen MR) is 155 cm³/mol. The first-order chi connectivity index (χ1) is 20.1. The van der Waals surface area contributed by atoms with Gasteiger partial charge in [0.2, 0.25) is 11.8 Å². The zero-order chi connectivity index (χ0) is 30.5. The number of allylic oxidation sites excluding steroid dienone is 4. The number of aldehydes is 1. The molecule has 0 bridgehead atoms. The van der Waals surface area contributed by atoms with Crippen molar-refractivity contribution in [2.75, 3.05) is 6.54 Å². The van der Waals surface area contributed by atoms with Crippen LogP contribution in [0.25, 0.3) is 0 Å². The summed E-state index contributed by atoms with van der Waals surface area (Å²) in [7, 11) is 0. The first-order valence-corrected chi connectivity index (χ1v) is 14.6. The van der Waals surface area contributed by atoms with Crippen LogP contribution in [0.3, 0.4) is 0 Å². The van der Waals surface area contributed by atoms with Crippen molar-refractivity contribution >= 4 is 24.2 Å². The molecule has 1 aliphatic carbocycles. The van der Waals surface area contributed by atoms with Gasteiger partial charge in [-0.2, -0.15) is 0 Å². The summed E-state index contributed by atoms with van der Waals surface area (Å²) in [6, 6.07) is 6.21. The maximum atomic E-state index is 13.5. The summed E-state index contributed by atoms with van der Waals surface area (Å²) in [6.07, 6.45) is 6.12. The summed E-state index contributed by atoms with van der Waals surface area (Å²) in [5, 5.41) is 21.3. The molecular formula is C31H43FN4O6. The summed E-state index contributed by atoms with van der Waals surface area (Å²) >= 11 is 0. The van der Waals surface area contributed by atoms with Gasteiger partial charge in [-0.15, -0.1) is 0 Å². The van der Waals surface area contributed by atoms with E-state index in [1.807, 2.05) is 32.0 Å². The fraction of sp³-hybridized carbons (Fsp3) is 0.548. The average molecular weight is 587 g/mol. The molecule has 1 aliphatic heterocycles. The SMILES string of the molecule is CC(C)C[C@H](NC(=O)[C@H](CC1C=CC(F)=CC1)NC(=O)OCc1ccccc1)C(=O)N[C@H](C=O)C[C@@H]1CCCNC1O. The minimum Gasteiger partial charge on any atom is -0.445 e. The second kappa shape index (κ2) is 16.8. The van der Waals surface area contributed by atoms with Crippen LogP contribution in [0, 0.1) is 17.8 Å². The third-order valence-electron chi connectivity index (χ3n) is 7.44. The van der Waals surface area contributed by atoms with E-state index in [1.54, 1.807) is 18.2 Å². The van der Waals surface area contributed by atoms with Gasteiger partial charge in [-0.25, -0.2) is 9.18 Å². The molecule has 6 atom stereocenters. The number of amides is 3. The molecule has 1 aromatic rings. The van der Waals surface area contributed by atoms with Crippen LogP contribution in [0.5, 0.6) is 0 Å². The third kappa shape index (κ3) is 11.0. The maximum absolute atomic E-state index is 13.5. The molecule has 1 fully saturated rings. The standard InChI is InChI=1S/C31H43FN4O6/c1-20(2)15-26(29(39)34-25(18-37)17-23-9-6-14-33-28(23)38)35-30(40)27(16-21-10-12-24(32)13-11-21)36-31(41)42-19-22-7-4-3-5-8-22/h3-5,7-8,10,12-13,18,20-21,23,25-28,33,38H,6,9,11,14-17,19H2,1-2H3,(H,34,39)(H,35,40)(H,36,41)/t21?,23-,25-,26-,27-,28?/m0/s1. The van der Waals surface area contributed by atoms with Crippen LogP contribution >= 0.6 is 0 Å². The Kier molecular flexibility index (Phi) is 13.1. The van der Waals surface area contributed by atoms with Crippen molar-refractivity contribution in [2.45, 2.75) is 83.3 Å². The molecule has 5 N–H and O–H groups in total. The molecule has 230 valence electrons. The van der Waals surface area contributed by atoms with Gasteiger partial charge in [0.05, 0.1) is 6.04 Å². The fourth-order valence-electron chi connectivity index (χ4n) is 5.17. The van der Waals surface area contributed by atoms with E-state index in [0.717, 1.165) is 18.4 Å². The first-order valence-electron chi connectivity index (χ1n) is 14.6. The molecule has 0 radical (unpaired) electrons. The number of carbonyl (C=O) groups excluding carboxylic acids is 4. The van der Waals surface area contributed by atoms with Gasteiger partial charge in [0.15, 0.2) is 0 Å². The quantitative estimate of drug-likeness (QED) is 0.211. The molecular weight excluding hydrogens is 543 g/mol. The Bertz CT molecular complexity index is 1110. The predicted octanol–water partition coefficient (Wildman–Crippen LogP) is 3.02. The van der Waals surface area contributed by atoms with Gasteiger partial charge in [0.25, 0.3) is 0 Å². The van der Waals surface area contributed by atoms with E-state index in [2.05, 4.69) is 21.3 Å². The molecule has 3 amide bonds. The summed E-state index contributed by atoms with van der Waals surface area (Å²) in [4.78, 5) is 51.3. The number of ether oxygens (including phenoxy) is 1. The van der Waals surface area contributed by atoms with Gasteiger partial charge >= 0.3 is 6.09 Å². The Labute approximate surface area is 246 Å². The summed E-state index contributed by atoms with van der Waals surface area (Å²) in [5.74, 6) is -1.87. The lowest BCUT2D eigenvalue weighted by atomic mass is 9.90. The van der Waals surface area contributed by atoms with Crippen LogP contribution in [0.1, 0.15) is 57.9 Å². The van der Waals surface area contributed by atoms with E-state index >= 15 is 0 Å². The fourth-order valence-corrected chi connectivity index (χ4v) is 5.17. The summed E-state index contributed by atoms with van der Waals surface area (Å²) in [5.41, 5.74) is 0.777. The Morgan fingerprint density at radius 1 is 1.10 bits per heavy atom. The number of aliphatic hydroxyl groups excluding tert-OH is 1. The van der Waals surface area contributed by atoms with Crippen LogP contribution in [0.4, 0.5) is 9.18 Å². The number of piperidine rings is 1. The van der Waals surface area contributed by atoms with Crippen molar-refractivity contribution in [3.63, 3.8) is 0 Å². The minimum absolute atomic E-state index is 0.00890. The van der Waals surface area contributed by atoms with Gasteiger partial charge in [-0.3, -0.25) is 14.9 Å². The van der Waals surface area contributed by atoms with Gasteiger partial charge in [0.1, 0.15) is 37.0 Å². The lowest BCUT2D eigenvalue weighted by Gasteiger charge is -2.31. The topological polar surface area (TPSA) is 146 Å². The Morgan fingerprint density at radius 2 is 1.83 bits per heavy atom. The van der Waals surface area contributed by atoms with Gasteiger partial charge in [-0.05, 0) is 74.6 Å². The van der Waals surface area contributed by atoms with Crippen LogP contribution in [-0.4, -0.2) is 60.2 Å². The highest BCUT2D eigenvalue weighted by Gasteiger charge is 2.32. The van der Waals surface area contributed by atoms with Crippen LogP contribution in [0.15, 0.2) is 54.4 Å². The van der Waals surface area contributed by atoms with E-state index < -0.39 is 42.3 Å². The van der Waals surface area contributed by atoms with Crippen molar-refractivity contribution in [3.8, 4) is 0 Å². The molecule has 10 nitrogen and oxygen atoms in total. The largest absolute Gasteiger partial charge is 0.445 e. The van der Waals surface area contributed by atoms with E-state index in [9.17, 15) is 28.7 Å². The molecule has 0 aromatic heterocycles. The molecule has 2 aliphatic rings. The molecule has 42 heavy (non-hydrogen) atoms. The minimum atomic E-state index is -1.06. The van der Waals surface area contributed by atoms with Crippen LogP contribution in [0.2, 0.25) is 0 Å². The number of hydrogen-bond donors (Lipinski definition) is 5. The second-order valence-electron chi connectivity index (χ2n) is 11.4. The number of carbonyl (C=O) groups is 4. The molecule has 2 unspecified atom stereocenters. The van der Waals surface area contributed by atoms with Crippen molar-refractivity contribution in [3.05, 3.63) is 60.0 Å². The van der Waals surface area contributed by atoms with E-state index in [0.29, 0.717) is 25.7 Å². The van der Waals surface area contributed by atoms with Gasteiger partial charge in [-0.1, -0.05) is 50.3 Å². The molecule has 1 aromatic carbocycles. The number of hydrogen-bond acceptors (Lipinski definition) is 7. The highest BCUT2D eigenvalue weighted by atomic mass is 19.1. The van der Waals surface area contributed by atoms with Crippen LogP contribution in [-0.2, 0) is 25.7 Å². The zero-order valence-corrected chi connectivity index (χ0v) is 24.3. The highest BCUT2D eigenvalue weighted by molar-refractivity contribution is 5.92. The summed E-state index contributed by atoms with van der Waals surface area (Å²) in [6.45, 7) is 4.50. The maximum Gasteiger partial charge on any atom is 0.408 e. The van der Waals surface area contributed by atoms with Crippen LogP contribution < -0.4 is 21.3 Å². The molecule has 1 saturated heterocycles. The van der Waals surface area contributed by atoms with Gasteiger partial charge < -0.3 is 30.6 Å². The highest BCUT2D eigenvalue weighted by Crippen LogP contribution is 2.22. The molecule has 3 rings (SSSR count). The van der Waals surface area contributed by atoms with Crippen molar-refractivity contribution < 1.29 is 33.4 Å². The number of alkyl carbamates (subject to hydrolysis) is 1. The zero-order valence-electron chi connectivity index (χ0n) is 24.3. The average Bonchev–Trinajstić information content (AvgIpc) is 2.97.